The van der Waals surface area contributed by atoms with Gasteiger partial charge in [0.05, 0.1) is 18.7 Å². The van der Waals surface area contributed by atoms with Crippen molar-refractivity contribution < 1.29 is 19.3 Å². The Morgan fingerprint density at radius 3 is 2.39 bits per heavy atom. The van der Waals surface area contributed by atoms with E-state index in [9.17, 15) is 5.11 Å². The molecule has 164 valence electrons. The lowest BCUT2D eigenvalue weighted by atomic mass is 9.87. The average Bonchev–Trinajstić information content (AvgIpc) is 3.07. The molecule has 0 saturated carbocycles. The number of benzene rings is 2. The fourth-order valence-corrected chi connectivity index (χ4v) is 3.60. The number of nitrogens with zero attached hydrogens (tertiary/aromatic N) is 2. The van der Waals surface area contributed by atoms with Gasteiger partial charge in [0.15, 0.2) is 15.5 Å². The standard InChI is InChI=1S/C23H26N2O4S2/c1-23(2,3)17-6-8-18(9-7-17)28-11-12-29-19-10-5-16(13-20(19)27-4)14-24-25-21(26)15-31-22(25)30/h5-10,13-15,26H,11-12H2,1-4H3/b24-14+. The molecule has 0 unspecified atom stereocenters. The maximum absolute atomic E-state index is 9.74. The van der Waals surface area contributed by atoms with Crippen LogP contribution in [0.15, 0.2) is 52.9 Å². The minimum absolute atomic E-state index is 0.00575. The van der Waals surface area contributed by atoms with Crippen molar-refractivity contribution in [3.05, 3.63) is 62.9 Å². The molecule has 0 radical (unpaired) electrons. The van der Waals surface area contributed by atoms with E-state index in [4.69, 9.17) is 26.4 Å². The number of thiazole rings is 1. The van der Waals surface area contributed by atoms with E-state index >= 15 is 0 Å². The number of ether oxygens (including phenoxy) is 3. The van der Waals surface area contributed by atoms with Crippen molar-refractivity contribution in [1.82, 2.24) is 4.68 Å². The fourth-order valence-electron chi connectivity index (χ4n) is 2.77. The summed E-state index contributed by atoms with van der Waals surface area (Å²) in [6.45, 7) is 7.34. The predicted octanol–water partition coefficient (Wildman–Crippen LogP) is 5.63. The molecule has 1 N–H and O–H groups in total. The Balaban J connectivity index is 1.56. The van der Waals surface area contributed by atoms with Crippen molar-refractivity contribution in [2.24, 2.45) is 5.10 Å². The summed E-state index contributed by atoms with van der Waals surface area (Å²) in [5.41, 5.74) is 2.17. The van der Waals surface area contributed by atoms with Gasteiger partial charge in [0.25, 0.3) is 0 Å². The SMILES string of the molecule is COc1cc(/C=N/n2c(O)csc2=S)ccc1OCCOc1ccc(C(C)(C)C)cc1. The molecule has 0 aliphatic carbocycles. The largest absolute Gasteiger partial charge is 0.493 e. The van der Waals surface area contributed by atoms with Crippen molar-refractivity contribution in [3.63, 3.8) is 0 Å². The molecule has 0 spiro atoms. The van der Waals surface area contributed by atoms with Crippen LogP contribution in [0.2, 0.25) is 0 Å². The first-order valence-corrected chi connectivity index (χ1v) is 11.0. The van der Waals surface area contributed by atoms with Crippen LogP contribution in [0.3, 0.4) is 0 Å². The molecule has 31 heavy (non-hydrogen) atoms. The molecule has 1 aromatic heterocycles. The lowest BCUT2D eigenvalue weighted by Crippen LogP contribution is -2.12. The molecule has 0 atom stereocenters. The molecule has 0 fully saturated rings. The van der Waals surface area contributed by atoms with Crippen LogP contribution in [0, 0.1) is 3.95 Å². The van der Waals surface area contributed by atoms with Gasteiger partial charge in [0.1, 0.15) is 19.0 Å². The summed E-state index contributed by atoms with van der Waals surface area (Å²) in [6.07, 6.45) is 1.60. The van der Waals surface area contributed by atoms with Gasteiger partial charge in [-0.1, -0.05) is 32.9 Å². The zero-order valence-electron chi connectivity index (χ0n) is 18.0. The molecular weight excluding hydrogens is 432 g/mol. The first-order valence-electron chi connectivity index (χ1n) is 9.76. The van der Waals surface area contributed by atoms with E-state index in [0.717, 1.165) is 11.3 Å². The Hall–Kier alpha value is -2.84. The molecule has 2 aromatic carbocycles. The van der Waals surface area contributed by atoms with Gasteiger partial charge < -0.3 is 19.3 Å². The minimum atomic E-state index is 0.00575. The minimum Gasteiger partial charge on any atom is -0.493 e. The van der Waals surface area contributed by atoms with Gasteiger partial charge in [-0.25, -0.2) is 0 Å². The number of methoxy groups -OCH3 is 1. The second kappa shape index (κ2) is 9.98. The van der Waals surface area contributed by atoms with Gasteiger partial charge in [0, 0.05) is 0 Å². The topological polar surface area (TPSA) is 65.2 Å². The molecule has 3 rings (SSSR count). The second-order valence-electron chi connectivity index (χ2n) is 7.80. The van der Waals surface area contributed by atoms with Gasteiger partial charge in [-0.2, -0.15) is 9.78 Å². The highest BCUT2D eigenvalue weighted by Crippen LogP contribution is 2.28. The van der Waals surface area contributed by atoms with Crippen LogP contribution in [-0.4, -0.2) is 36.3 Å². The molecule has 1 heterocycles. The first-order chi connectivity index (χ1) is 14.8. The predicted molar refractivity (Wildman–Crippen MR) is 127 cm³/mol. The van der Waals surface area contributed by atoms with Gasteiger partial charge in [-0.15, -0.1) is 11.3 Å². The molecule has 0 bridgehead atoms. The number of aromatic nitrogens is 1. The van der Waals surface area contributed by atoms with Crippen LogP contribution >= 0.6 is 23.6 Å². The van der Waals surface area contributed by atoms with Gasteiger partial charge in [-0.05, 0) is 59.1 Å². The van der Waals surface area contributed by atoms with Crippen LogP contribution < -0.4 is 14.2 Å². The van der Waals surface area contributed by atoms with Crippen LogP contribution in [0.25, 0.3) is 0 Å². The monoisotopic (exact) mass is 458 g/mol. The Labute approximate surface area is 191 Å². The average molecular weight is 459 g/mol. The molecule has 3 aromatic rings. The van der Waals surface area contributed by atoms with Crippen molar-refractivity contribution in [2.45, 2.75) is 26.2 Å². The summed E-state index contributed by atoms with van der Waals surface area (Å²) >= 11 is 6.37. The third kappa shape index (κ3) is 6.08. The lowest BCUT2D eigenvalue weighted by Gasteiger charge is -2.19. The fraction of sp³-hybridized carbons (Fsp3) is 0.304. The highest BCUT2D eigenvalue weighted by Gasteiger charge is 2.13. The van der Waals surface area contributed by atoms with E-state index in [2.05, 4.69) is 38.0 Å². The summed E-state index contributed by atoms with van der Waals surface area (Å²) in [6, 6.07) is 13.6. The van der Waals surface area contributed by atoms with Crippen LogP contribution in [-0.2, 0) is 5.41 Å². The molecule has 0 aliphatic heterocycles. The normalized spacial score (nSPS) is 11.6. The van der Waals surface area contributed by atoms with Crippen molar-refractivity contribution >= 4 is 29.8 Å². The second-order valence-corrected chi connectivity index (χ2v) is 9.30. The number of hydrogen-bond donors (Lipinski definition) is 1. The van der Waals surface area contributed by atoms with Crippen molar-refractivity contribution in [1.29, 1.82) is 0 Å². The van der Waals surface area contributed by atoms with Gasteiger partial charge in [0.2, 0.25) is 5.88 Å². The number of rotatable bonds is 8. The van der Waals surface area contributed by atoms with Crippen molar-refractivity contribution in [3.8, 4) is 23.1 Å². The van der Waals surface area contributed by atoms with Gasteiger partial charge >= 0.3 is 0 Å². The Morgan fingerprint density at radius 2 is 1.77 bits per heavy atom. The quantitative estimate of drug-likeness (QED) is 0.269. The van der Waals surface area contributed by atoms with E-state index in [1.807, 2.05) is 24.3 Å². The summed E-state index contributed by atoms with van der Waals surface area (Å²) < 4.78 is 18.8. The van der Waals surface area contributed by atoms with Crippen LogP contribution in [0.4, 0.5) is 0 Å². The third-order valence-corrected chi connectivity index (χ3v) is 5.66. The number of aromatic hydroxyl groups is 1. The number of hydrogen-bond acceptors (Lipinski definition) is 7. The molecule has 0 aliphatic rings. The Morgan fingerprint density at radius 1 is 1.06 bits per heavy atom. The van der Waals surface area contributed by atoms with Crippen LogP contribution in [0.5, 0.6) is 23.1 Å². The molecular formula is C23H26N2O4S2. The van der Waals surface area contributed by atoms with E-state index in [1.54, 1.807) is 19.4 Å². The van der Waals surface area contributed by atoms with E-state index in [0.29, 0.717) is 28.7 Å². The summed E-state index contributed by atoms with van der Waals surface area (Å²) in [7, 11) is 1.58. The van der Waals surface area contributed by atoms with E-state index < -0.39 is 0 Å². The molecule has 0 amide bonds. The Kier molecular flexibility index (Phi) is 7.35. The maximum atomic E-state index is 9.74. The zero-order valence-corrected chi connectivity index (χ0v) is 19.6. The van der Waals surface area contributed by atoms with Gasteiger partial charge in [-0.3, -0.25) is 0 Å². The van der Waals surface area contributed by atoms with E-state index in [1.165, 1.54) is 27.0 Å². The molecule has 8 heteroatoms. The van der Waals surface area contributed by atoms with Crippen LogP contribution in [0.1, 0.15) is 31.9 Å². The van der Waals surface area contributed by atoms with Crippen molar-refractivity contribution in [2.75, 3.05) is 20.3 Å². The summed E-state index contributed by atoms with van der Waals surface area (Å²) in [5, 5.41) is 15.5. The maximum Gasteiger partial charge on any atom is 0.224 e. The summed E-state index contributed by atoms with van der Waals surface area (Å²) in [4.78, 5) is 0. The first kappa shape index (κ1) is 22.8. The molecule has 6 nitrogen and oxygen atoms in total. The Bertz CT molecular complexity index is 1100. The zero-order chi connectivity index (χ0) is 22.4. The molecule has 0 saturated heterocycles. The smallest absolute Gasteiger partial charge is 0.224 e. The summed E-state index contributed by atoms with van der Waals surface area (Å²) in [5.74, 6) is 2.01. The third-order valence-electron chi connectivity index (χ3n) is 4.50. The highest BCUT2D eigenvalue weighted by molar-refractivity contribution is 7.73. The lowest BCUT2D eigenvalue weighted by molar-refractivity contribution is 0.211. The van der Waals surface area contributed by atoms with E-state index in [-0.39, 0.29) is 11.3 Å². The highest BCUT2D eigenvalue weighted by atomic mass is 32.1.